The average Bonchev–Trinajstić information content (AvgIpc) is 2.33. The van der Waals surface area contributed by atoms with Crippen molar-refractivity contribution >= 4 is 17.3 Å². The first-order chi connectivity index (χ1) is 8.79. The maximum absolute atomic E-state index is 11.8. The molecule has 0 heterocycles. The number of carbonyl (C=O) groups excluding carboxylic acids is 1. The van der Waals surface area contributed by atoms with Crippen molar-refractivity contribution in [2.75, 3.05) is 30.9 Å². The van der Waals surface area contributed by atoms with Crippen LogP contribution in [0.5, 0.6) is 0 Å². The Labute approximate surface area is 108 Å². The number of nitrogen functional groups attached to an aromatic ring is 1. The van der Waals surface area contributed by atoms with Crippen LogP contribution >= 0.6 is 0 Å². The Kier molecular flexibility index (Phi) is 5.17. The number of hydrogen-bond acceptors (Lipinski definition) is 3. The van der Waals surface area contributed by atoms with Crippen LogP contribution < -0.4 is 10.6 Å². The molecular formula is C12H15F3N2O2. The van der Waals surface area contributed by atoms with Gasteiger partial charge in [0.25, 0.3) is 0 Å². The molecule has 0 aliphatic heterocycles. The molecule has 2 N–H and O–H groups in total. The molecule has 0 aliphatic rings. The van der Waals surface area contributed by atoms with Crippen molar-refractivity contribution in [2.45, 2.75) is 12.6 Å². The predicted molar refractivity (Wildman–Crippen MR) is 65.8 cm³/mol. The van der Waals surface area contributed by atoms with E-state index in [0.717, 1.165) is 0 Å². The van der Waals surface area contributed by atoms with Gasteiger partial charge in [-0.05, 0) is 24.3 Å². The molecule has 0 radical (unpaired) electrons. The first-order valence-corrected chi connectivity index (χ1v) is 5.56. The van der Waals surface area contributed by atoms with Gasteiger partial charge in [-0.1, -0.05) is 0 Å². The second kappa shape index (κ2) is 6.42. The van der Waals surface area contributed by atoms with E-state index in [4.69, 9.17) is 5.73 Å². The number of anilines is 2. The van der Waals surface area contributed by atoms with Gasteiger partial charge < -0.3 is 15.4 Å². The Morgan fingerprint density at radius 2 is 1.89 bits per heavy atom. The highest BCUT2D eigenvalue weighted by Gasteiger charge is 2.27. The lowest BCUT2D eigenvalue weighted by Gasteiger charge is -2.17. The van der Waals surface area contributed by atoms with Crippen LogP contribution in [0.4, 0.5) is 24.5 Å². The van der Waals surface area contributed by atoms with E-state index in [1.807, 2.05) is 0 Å². The van der Waals surface area contributed by atoms with Gasteiger partial charge >= 0.3 is 6.18 Å². The summed E-state index contributed by atoms with van der Waals surface area (Å²) in [4.78, 5) is 13.0. The van der Waals surface area contributed by atoms with Crippen LogP contribution in [0, 0.1) is 0 Å². The number of alkyl halides is 3. The summed E-state index contributed by atoms with van der Waals surface area (Å²) in [6.07, 6.45) is -4.48. The van der Waals surface area contributed by atoms with Gasteiger partial charge in [-0.15, -0.1) is 0 Å². The lowest BCUT2D eigenvalue weighted by atomic mass is 10.2. The van der Waals surface area contributed by atoms with Gasteiger partial charge in [-0.25, -0.2) is 0 Å². The van der Waals surface area contributed by atoms with Crippen molar-refractivity contribution in [1.29, 1.82) is 0 Å². The fourth-order valence-corrected chi connectivity index (χ4v) is 1.36. The van der Waals surface area contributed by atoms with E-state index in [9.17, 15) is 18.0 Å². The van der Waals surface area contributed by atoms with Gasteiger partial charge in [0.15, 0.2) is 0 Å². The van der Waals surface area contributed by atoms with Crippen molar-refractivity contribution in [2.24, 2.45) is 0 Å². The Morgan fingerprint density at radius 3 is 2.42 bits per heavy atom. The van der Waals surface area contributed by atoms with E-state index < -0.39 is 12.8 Å². The minimum Gasteiger partial charge on any atom is -0.399 e. The summed E-state index contributed by atoms with van der Waals surface area (Å²) < 4.78 is 39.8. The second-order valence-electron chi connectivity index (χ2n) is 3.96. The molecule has 1 rings (SSSR count). The molecule has 0 bridgehead atoms. The topological polar surface area (TPSA) is 55.6 Å². The van der Waals surface area contributed by atoms with Gasteiger partial charge in [0, 0.05) is 18.4 Å². The van der Waals surface area contributed by atoms with E-state index >= 15 is 0 Å². The Hall–Kier alpha value is -1.76. The number of carbonyl (C=O) groups is 1. The molecule has 106 valence electrons. The van der Waals surface area contributed by atoms with Crippen LogP contribution in [0.15, 0.2) is 24.3 Å². The number of nitrogens with two attached hydrogens (primary N) is 1. The Morgan fingerprint density at radius 1 is 1.32 bits per heavy atom. The van der Waals surface area contributed by atoms with E-state index in [1.54, 1.807) is 24.3 Å². The van der Waals surface area contributed by atoms with Crippen LogP contribution in [-0.4, -0.2) is 32.3 Å². The molecule has 0 spiro atoms. The van der Waals surface area contributed by atoms with Crippen LogP contribution in [-0.2, 0) is 9.53 Å². The maximum atomic E-state index is 11.8. The molecule has 1 aromatic carbocycles. The average molecular weight is 276 g/mol. The number of nitrogens with zero attached hydrogens (tertiary/aromatic N) is 1. The molecular weight excluding hydrogens is 261 g/mol. The van der Waals surface area contributed by atoms with Crippen LogP contribution in [0.3, 0.4) is 0 Å². The van der Waals surface area contributed by atoms with Gasteiger partial charge in [0.05, 0.1) is 13.0 Å². The molecule has 0 saturated heterocycles. The first-order valence-electron chi connectivity index (χ1n) is 5.56. The summed E-state index contributed by atoms with van der Waals surface area (Å²) in [5.74, 6) is -0.327. The summed E-state index contributed by atoms with van der Waals surface area (Å²) in [5, 5.41) is 0. The summed E-state index contributed by atoms with van der Waals surface area (Å²) in [5.41, 5.74) is 6.70. The summed E-state index contributed by atoms with van der Waals surface area (Å²) in [6, 6.07) is 6.59. The molecule has 0 aromatic heterocycles. The number of amides is 1. The number of hydrogen-bond donors (Lipinski definition) is 1. The molecule has 7 heteroatoms. The van der Waals surface area contributed by atoms with Gasteiger partial charge in [-0.2, -0.15) is 13.2 Å². The van der Waals surface area contributed by atoms with E-state index in [0.29, 0.717) is 11.4 Å². The van der Waals surface area contributed by atoms with Crippen molar-refractivity contribution in [3.05, 3.63) is 24.3 Å². The van der Waals surface area contributed by atoms with Gasteiger partial charge in [0.1, 0.15) is 6.61 Å². The molecule has 4 nitrogen and oxygen atoms in total. The van der Waals surface area contributed by atoms with Crippen molar-refractivity contribution in [1.82, 2.24) is 0 Å². The number of halogens is 3. The van der Waals surface area contributed by atoms with Crippen LogP contribution in [0.25, 0.3) is 0 Å². The standard InChI is InChI=1S/C12H15F3N2O2/c1-17(10-4-2-9(16)3-5-10)11(18)6-7-19-8-12(13,14)15/h2-5H,6-8,16H2,1H3. The smallest absolute Gasteiger partial charge is 0.399 e. The third-order valence-corrected chi connectivity index (χ3v) is 2.38. The van der Waals surface area contributed by atoms with Crippen molar-refractivity contribution in [3.63, 3.8) is 0 Å². The zero-order valence-corrected chi connectivity index (χ0v) is 10.4. The summed E-state index contributed by atoms with van der Waals surface area (Å²) in [6.45, 7) is -1.61. The lowest BCUT2D eigenvalue weighted by Crippen LogP contribution is -2.28. The fraction of sp³-hybridized carbons (Fsp3) is 0.417. The van der Waals surface area contributed by atoms with Crippen molar-refractivity contribution < 1.29 is 22.7 Å². The number of ether oxygens (including phenoxy) is 1. The second-order valence-corrected chi connectivity index (χ2v) is 3.96. The van der Waals surface area contributed by atoms with Crippen molar-refractivity contribution in [3.8, 4) is 0 Å². The summed E-state index contributed by atoms with van der Waals surface area (Å²) in [7, 11) is 1.54. The third kappa shape index (κ3) is 5.60. The van der Waals surface area contributed by atoms with E-state index in [2.05, 4.69) is 4.74 Å². The molecule has 1 amide bonds. The maximum Gasteiger partial charge on any atom is 0.411 e. The molecule has 0 atom stereocenters. The largest absolute Gasteiger partial charge is 0.411 e. The van der Waals surface area contributed by atoms with Crippen LogP contribution in [0.2, 0.25) is 0 Å². The SMILES string of the molecule is CN(C(=O)CCOCC(F)(F)F)c1ccc(N)cc1. The van der Waals surface area contributed by atoms with E-state index in [1.165, 1.54) is 11.9 Å². The first kappa shape index (κ1) is 15.3. The highest BCUT2D eigenvalue weighted by molar-refractivity contribution is 5.92. The minimum atomic E-state index is -4.37. The normalized spacial score (nSPS) is 11.4. The quantitative estimate of drug-likeness (QED) is 0.662. The van der Waals surface area contributed by atoms with Gasteiger partial charge in [0.2, 0.25) is 5.91 Å². The monoisotopic (exact) mass is 276 g/mol. The molecule has 0 aliphatic carbocycles. The Balaban J connectivity index is 2.39. The fourth-order valence-electron chi connectivity index (χ4n) is 1.36. The third-order valence-electron chi connectivity index (χ3n) is 2.38. The van der Waals surface area contributed by atoms with Gasteiger partial charge in [-0.3, -0.25) is 4.79 Å². The molecule has 1 aromatic rings. The Bertz CT molecular complexity index is 418. The minimum absolute atomic E-state index is 0.114. The highest BCUT2D eigenvalue weighted by Crippen LogP contribution is 2.16. The zero-order valence-electron chi connectivity index (χ0n) is 10.4. The predicted octanol–water partition coefficient (Wildman–Crippen LogP) is 2.20. The number of benzene rings is 1. The van der Waals surface area contributed by atoms with Crippen LogP contribution in [0.1, 0.15) is 6.42 Å². The molecule has 0 unspecified atom stereocenters. The molecule has 0 fully saturated rings. The zero-order chi connectivity index (χ0) is 14.5. The molecule has 0 saturated carbocycles. The highest BCUT2D eigenvalue weighted by atomic mass is 19.4. The molecule has 19 heavy (non-hydrogen) atoms. The summed E-state index contributed by atoms with van der Waals surface area (Å²) >= 11 is 0. The van der Waals surface area contributed by atoms with E-state index in [-0.39, 0.29) is 18.9 Å². The number of rotatable bonds is 5. The lowest BCUT2D eigenvalue weighted by molar-refractivity contribution is -0.174.